The van der Waals surface area contributed by atoms with Crippen LogP contribution < -0.4 is 4.74 Å². The van der Waals surface area contributed by atoms with E-state index in [0.717, 1.165) is 5.52 Å². The number of para-hydroxylation sites is 1. The van der Waals surface area contributed by atoms with E-state index in [4.69, 9.17) is 9.47 Å². The van der Waals surface area contributed by atoms with E-state index in [1.807, 2.05) is 6.07 Å². The average molecular weight is 432 g/mol. The quantitative estimate of drug-likeness (QED) is 0.558. The average Bonchev–Trinajstić information content (AvgIpc) is 3.02. The van der Waals surface area contributed by atoms with Crippen molar-refractivity contribution in [3.05, 3.63) is 52.8 Å². The molecule has 0 radical (unpaired) electrons. The zero-order chi connectivity index (χ0) is 22.2. The number of hydrogen-bond donors (Lipinski definition) is 0. The Kier molecular flexibility index (Phi) is 5.87. The number of benzene rings is 2. The summed E-state index contributed by atoms with van der Waals surface area (Å²) in [6, 6.07) is 8.60. The Bertz CT molecular complexity index is 1210. The number of hydrogen-bond acceptors (Lipinski definition) is 6. The van der Waals surface area contributed by atoms with Crippen LogP contribution in [-0.4, -0.2) is 49.5 Å². The van der Waals surface area contributed by atoms with Gasteiger partial charge in [0.1, 0.15) is 17.1 Å². The van der Waals surface area contributed by atoms with Gasteiger partial charge in [0, 0.05) is 14.1 Å². The molecule has 0 saturated carbocycles. The number of fused-ring (bicyclic) bond motifs is 1. The molecule has 2 aromatic carbocycles. The van der Waals surface area contributed by atoms with E-state index < -0.39 is 16.0 Å². The third-order valence-electron chi connectivity index (χ3n) is 5.11. The van der Waals surface area contributed by atoms with Gasteiger partial charge in [-0.25, -0.2) is 18.2 Å². The van der Waals surface area contributed by atoms with Crippen LogP contribution in [0.5, 0.6) is 5.75 Å². The Hall–Kier alpha value is -2.91. The van der Waals surface area contributed by atoms with Crippen LogP contribution in [-0.2, 0) is 28.4 Å². The normalized spacial score (nSPS) is 11.8. The molecule has 1 aromatic heterocycles. The van der Waals surface area contributed by atoms with E-state index >= 15 is 0 Å². The molecule has 0 atom stereocenters. The minimum Gasteiger partial charge on any atom is -0.497 e. The first-order valence-electron chi connectivity index (χ1n) is 9.26. The standard InChI is InChI=1S/C21H25N3O5S/c1-13-10-15(28-5)11-14(2)20(13)30(26,27)23(3)12-18-22-19-16(21(25)29-6)8-7-9-17(19)24(18)4/h7-11H,12H2,1-6H3. The van der Waals surface area contributed by atoms with Crippen LogP contribution >= 0.6 is 0 Å². The summed E-state index contributed by atoms with van der Waals surface area (Å²) >= 11 is 0. The van der Waals surface area contributed by atoms with Gasteiger partial charge in [-0.3, -0.25) is 0 Å². The lowest BCUT2D eigenvalue weighted by Crippen LogP contribution is -2.29. The van der Waals surface area contributed by atoms with Gasteiger partial charge in [0.2, 0.25) is 10.0 Å². The van der Waals surface area contributed by atoms with Crippen molar-refractivity contribution in [3.8, 4) is 5.75 Å². The van der Waals surface area contributed by atoms with Gasteiger partial charge in [-0.05, 0) is 49.2 Å². The predicted molar refractivity (Wildman–Crippen MR) is 113 cm³/mol. The number of methoxy groups -OCH3 is 2. The van der Waals surface area contributed by atoms with Gasteiger partial charge in [-0.15, -0.1) is 0 Å². The fourth-order valence-corrected chi connectivity index (χ4v) is 5.08. The highest BCUT2D eigenvalue weighted by molar-refractivity contribution is 7.89. The molecule has 9 heteroatoms. The Morgan fingerprint density at radius 3 is 2.37 bits per heavy atom. The molecule has 0 N–H and O–H groups in total. The molecule has 1 heterocycles. The number of esters is 1. The second kappa shape index (κ2) is 8.08. The monoisotopic (exact) mass is 431 g/mol. The molecule has 160 valence electrons. The smallest absolute Gasteiger partial charge is 0.340 e. The zero-order valence-electron chi connectivity index (χ0n) is 17.9. The minimum atomic E-state index is -3.78. The van der Waals surface area contributed by atoms with Crippen molar-refractivity contribution >= 4 is 27.0 Å². The Morgan fingerprint density at radius 2 is 1.80 bits per heavy atom. The fourth-order valence-electron chi connectivity index (χ4n) is 3.55. The van der Waals surface area contributed by atoms with Gasteiger partial charge in [-0.1, -0.05) is 6.07 Å². The lowest BCUT2D eigenvalue weighted by molar-refractivity contribution is 0.0602. The summed E-state index contributed by atoms with van der Waals surface area (Å²) in [5, 5.41) is 0. The van der Waals surface area contributed by atoms with E-state index in [-0.39, 0.29) is 11.4 Å². The van der Waals surface area contributed by atoms with Crippen molar-refractivity contribution in [2.45, 2.75) is 25.3 Å². The summed E-state index contributed by atoms with van der Waals surface area (Å²) < 4.78 is 39.7. The summed E-state index contributed by atoms with van der Waals surface area (Å²) in [5.74, 6) is 0.629. The SMILES string of the molecule is COC(=O)c1cccc2c1nc(CN(C)S(=O)(=O)c1c(C)cc(OC)cc1C)n2C. The van der Waals surface area contributed by atoms with Crippen LogP contribution in [0.1, 0.15) is 27.3 Å². The molecule has 0 unspecified atom stereocenters. The van der Waals surface area contributed by atoms with Gasteiger partial charge in [0.15, 0.2) is 0 Å². The Labute approximate surface area is 176 Å². The Balaban J connectivity index is 2.02. The molecule has 0 bridgehead atoms. The number of nitrogens with zero attached hydrogens (tertiary/aromatic N) is 3. The van der Waals surface area contributed by atoms with Gasteiger partial charge >= 0.3 is 5.97 Å². The van der Waals surface area contributed by atoms with Crippen LogP contribution in [0, 0.1) is 13.8 Å². The van der Waals surface area contributed by atoms with Crippen molar-refractivity contribution in [1.29, 1.82) is 0 Å². The highest BCUT2D eigenvalue weighted by Crippen LogP contribution is 2.29. The predicted octanol–water partition coefficient (Wildman–Crippen LogP) is 2.81. The van der Waals surface area contributed by atoms with Crippen molar-refractivity contribution in [2.24, 2.45) is 7.05 Å². The lowest BCUT2D eigenvalue weighted by Gasteiger charge is -2.20. The minimum absolute atomic E-state index is 0.0407. The molecule has 0 aliphatic heterocycles. The second-order valence-corrected chi connectivity index (χ2v) is 9.09. The van der Waals surface area contributed by atoms with E-state index in [0.29, 0.717) is 33.8 Å². The van der Waals surface area contributed by atoms with Crippen molar-refractivity contribution in [1.82, 2.24) is 13.9 Å². The molecule has 0 fully saturated rings. The van der Waals surface area contributed by atoms with E-state index in [1.165, 1.54) is 18.5 Å². The van der Waals surface area contributed by atoms with Crippen LogP contribution in [0.15, 0.2) is 35.2 Å². The largest absolute Gasteiger partial charge is 0.497 e. The van der Waals surface area contributed by atoms with E-state index in [1.54, 1.807) is 56.8 Å². The molecule has 0 aliphatic rings. The maximum atomic E-state index is 13.3. The second-order valence-electron chi connectivity index (χ2n) is 7.10. The molecule has 3 rings (SSSR count). The number of carbonyl (C=O) groups is 1. The number of rotatable bonds is 6. The van der Waals surface area contributed by atoms with Crippen LogP contribution in [0.25, 0.3) is 11.0 Å². The fraction of sp³-hybridized carbons (Fsp3) is 0.333. The molecule has 3 aromatic rings. The summed E-state index contributed by atoms with van der Waals surface area (Å²) in [4.78, 5) is 16.8. The summed E-state index contributed by atoms with van der Waals surface area (Å²) in [6.45, 7) is 3.53. The number of aromatic nitrogens is 2. The molecule has 30 heavy (non-hydrogen) atoms. The van der Waals surface area contributed by atoms with Crippen molar-refractivity contribution < 1.29 is 22.7 Å². The van der Waals surface area contributed by atoms with Gasteiger partial charge in [0.25, 0.3) is 0 Å². The molecule has 0 saturated heterocycles. The third kappa shape index (κ3) is 3.66. The first-order chi connectivity index (χ1) is 14.1. The van der Waals surface area contributed by atoms with Crippen LogP contribution in [0.3, 0.4) is 0 Å². The van der Waals surface area contributed by atoms with Gasteiger partial charge in [0.05, 0.1) is 36.7 Å². The topological polar surface area (TPSA) is 90.7 Å². The van der Waals surface area contributed by atoms with Crippen LogP contribution in [0.4, 0.5) is 0 Å². The highest BCUT2D eigenvalue weighted by atomic mass is 32.2. The summed E-state index contributed by atoms with van der Waals surface area (Å²) in [5.41, 5.74) is 2.75. The number of carbonyl (C=O) groups excluding carboxylic acids is 1. The summed E-state index contributed by atoms with van der Waals surface area (Å²) in [6.07, 6.45) is 0. The molecular weight excluding hydrogens is 406 g/mol. The molecule has 0 aliphatic carbocycles. The first-order valence-corrected chi connectivity index (χ1v) is 10.7. The Morgan fingerprint density at radius 1 is 1.17 bits per heavy atom. The number of imidazole rings is 1. The number of ether oxygens (including phenoxy) is 2. The zero-order valence-corrected chi connectivity index (χ0v) is 18.7. The molecule has 0 amide bonds. The maximum Gasteiger partial charge on any atom is 0.340 e. The highest BCUT2D eigenvalue weighted by Gasteiger charge is 2.27. The van der Waals surface area contributed by atoms with Gasteiger partial charge < -0.3 is 14.0 Å². The van der Waals surface area contributed by atoms with Crippen molar-refractivity contribution in [2.75, 3.05) is 21.3 Å². The third-order valence-corrected chi connectivity index (χ3v) is 7.22. The number of aryl methyl sites for hydroxylation is 3. The maximum absolute atomic E-state index is 13.3. The number of sulfonamides is 1. The van der Waals surface area contributed by atoms with Crippen LogP contribution in [0.2, 0.25) is 0 Å². The summed E-state index contributed by atoms with van der Waals surface area (Å²) in [7, 11) is 2.38. The lowest BCUT2D eigenvalue weighted by atomic mass is 10.1. The van der Waals surface area contributed by atoms with E-state index in [2.05, 4.69) is 4.98 Å². The van der Waals surface area contributed by atoms with Crippen molar-refractivity contribution in [3.63, 3.8) is 0 Å². The van der Waals surface area contributed by atoms with Gasteiger partial charge in [-0.2, -0.15) is 4.31 Å². The molecular formula is C21H25N3O5S. The first kappa shape index (κ1) is 21.8. The molecule has 8 nitrogen and oxygen atoms in total. The van der Waals surface area contributed by atoms with E-state index in [9.17, 15) is 13.2 Å². The molecule has 0 spiro atoms.